The molecule has 0 N–H and O–H groups in total. The molecule has 1 rings (SSSR count). The summed E-state index contributed by atoms with van der Waals surface area (Å²) in [6, 6.07) is 0. The predicted molar refractivity (Wildman–Crippen MR) is 62.6 cm³/mol. The van der Waals surface area contributed by atoms with E-state index in [9.17, 15) is 4.79 Å². The van der Waals surface area contributed by atoms with Crippen molar-refractivity contribution in [1.29, 1.82) is 0 Å². The van der Waals surface area contributed by atoms with Gasteiger partial charge in [-0.15, -0.1) is 11.8 Å². The monoisotopic (exact) mass is 207 g/mol. The van der Waals surface area contributed by atoms with E-state index < -0.39 is 0 Å². The quantitative estimate of drug-likeness (QED) is 0.659. The maximum absolute atomic E-state index is 12.0. The lowest BCUT2D eigenvalue weighted by atomic mass is 9.94. The molecule has 84 valence electrons. The van der Waals surface area contributed by atoms with Gasteiger partial charge < -0.3 is 0 Å². The topological polar surface area (TPSA) is 20.3 Å². The number of hydrogen-bond acceptors (Lipinski definition) is 2. The fraction of sp³-hybridized carbons (Fsp3) is 0.769. The Kier molecular flexibility index (Phi) is 4.35. The molecule has 0 saturated carbocycles. The molecule has 0 atom stereocenters. The number of ketones is 1. The van der Waals surface area contributed by atoms with Crippen molar-refractivity contribution >= 4 is 5.78 Å². The molecule has 0 bridgehead atoms. The average molecular weight is 207 g/mol. The molecule has 0 aromatic rings. The first-order valence-electron chi connectivity index (χ1n) is 5.77. The van der Waals surface area contributed by atoms with Crippen molar-refractivity contribution in [2.75, 3.05) is 13.1 Å². The highest BCUT2D eigenvalue weighted by Crippen LogP contribution is 2.23. The number of carbonyl (C=O) groups excluding carboxylic acids is 1. The average Bonchev–Trinajstić information content (AvgIpc) is 2.71. The minimum Gasteiger partial charge on any atom is -0.298 e. The van der Waals surface area contributed by atoms with E-state index in [1.54, 1.807) is 0 Å². The zero-order valence-corrected chi connectivity index (χ0v) is 10.1. The maximum Gasteiger partial charge on any atom is 0.153 e. The van der Waals surface area contributed by atoms with Gasteiger partial charge in [-0.2, -0.15) is 0 Å². The fourth-order valence-corrected chi connectivity index (χ4v) is 2.06. The lowest BCUT2D eigenvalue weighted by Crippen LogP contribution is -2.48. The summed E-state index contributed by atoms with van der Waals surface area (Å²) in [5.74, 6) is 6.11. The van der Waals surface area contributed by atoms with E-state index in [1.807, 2.05) is 20.8 Å². The molecular weight excluding hydrogens is 186 g/mol. The Morgan fingerprint density at radius 3 is 2.47 bits per heavy atom. The van der Waals surface area contributed by atoms with Gasteiger partial charge in [0.25, 0.3) is 0 Å². The van der Waals surface area contributed by atoms with Gasteiger partial charge >= 0.3 is 0 Å². The van der Waals surface area contributed by atoms with Gasteiger partial charge in [0.15, 0.2) is 5.78 Å². The van der Waals surface area contributed by atoms with Crippen molar-refractivity contribution in [2.24, 2.45) is 0 Å². The molecule has 1 saturated heterocycles. The summed E-state index contributed by atoms with van der Waals surface area (Å²) in [4.78, 5) is 14.3. The Labute approximate surface area is 93.0 Å². The van der Waals surface area contributed by atoms with Crippen LogP contribution < -0.4 is 0 Å². The number of carbonyl (C=O) groups is 1. The number of likely N-dealkylation sites (tertiary alicyclic amines) is 1. The van der Waals surface area contributed by atoms with Gasteiger partial charge in [0, 0.05) is 12.8 Å². The van der Waals surface area contributed by atoms with Gasteiger partial charge in [-0.3, -0.25) is 9.69 Å². The second-order valence-electron chi connectivity index (χ2n) is 4.60. The minimum absolute atomic E-state index is 0.286. The van der Waals surface area contributed by atoms with Crippen LogP contribution in [0.2, 0.25) is 0 Å². The second-order valence-corrected chi connectivity index (χ2v) is 4.60. The van der Waals surface area contributed by atoms with Gasteiger partial charge in [0.05, 0.1) is 5.54 Å². The molecule has 0 aromatic heterocycles. The number of rotatable bonds is 4. The van der Waals surface area contributed by atoms with Gasteiger partial charge in [-0.05, 0) is 46.7 Å². The number of nitrogens with zero attached hydrogens (tertiary/aromatic N) is 1. The molecule has 0 aromatic carbocycles. The van der Waals surface area contributed by atoms with E-state index >= 15 is 0 Å². The molecule has 1 aliphatic heterocycles. The standard InChI is InChI=1S/C13H21NO/c1-4-5-6-9-12(15)13(2,3)14-10-7-8-11-14/h6-11H2,1-3H3. The number of hydrogen-bond donors (Lipinski definition) is 0. The summed E-state index contributed by atoms with van der Waals surface area (Å²) in [5.41, 5.74) is -0.286. The van der Waals surface area contributed by atoms with Gasteiger partial charge in [0.1, 0.15) is 0 Å². The van der Waals surface area contributed by atoms with Crippen molar-refractivity contribution in [3.05, 3.63) is 0 Å². The molecule has 1 fully saturated rings. The molecule has 1 heterocycles. The van der Waals surface area contributed by atoms with Crippen LogP contribution in [-0.4, -0.2) is 29.3 Å². The van der Waals surface area contributed by atoms with Crippen LogP contribution in [-0.2, 0) is 4.79 Å². The highest BCUT2D eigenvalue weighted by Gasteiger charge is 2.34. The summed E-state index contributed by atoms with van der Waals surface area (Å²) < 4.78 is 0. The van der Waals surface area contributed by atoms with Crippen molar-refractivity contribution in [3.63, 3.8) is 0 Å². The van der Waals surface area contributed by atoms with E-state index in [0.29, 0.717) is 18.6 Å². The van der Waals surface area contributed by atoms with Crippen LogP contribution in [0.5, 0.6) is 0 Å². The highest BCUT2D eigenvalue weighted by molar-refractivity contribution is 5.87. The third-order valence-electron chi connectivity index (χ3n) is 3.23. The SMILES string of the molecule is CC#CCCC(=O)C(C)(C)N1CCCC1. The Balaban J connectivity index is 2.50. The van der Waals surface area contributed by atoms with Crippen molar-refractivity contribution in [1.82, 2.24) is 4.90 Å². The maximum atomic E-state index is 12.0. The van der Waals surface area contributed by atoms with Gasteiger partial charge in [0.2, 0.25) is 0 Å². The lowest BCUT2D eigenvalue weighted by molar-refractivity contribution is -0.128. The summed E-state index contributed by atoms with van der Waals surface area (Å²) in [6.07, 6.45) is 3.74. The summed E-state index contributed by atoms with van der Waals surface area (Å²) >= 11 is 0. The minimum atomic E-state index is -0.286. The fourth-order valence-electron chi connectivity index (χ4n) is 2.06. The Bertz CT molecular complexity index is 277. The third-order valence-corrected chi connectivity index (χ3v) is 3.23. The smallest absolute Gasteiger partial charge is 0.153 e. The Morgan fingerprint density at radius 1 is 1.33 bits per heavy atom. The summed E-state index contributed by atoms with van der Waals surface area (Å²) in [6.45, 7) is 8.03. The van der Waals surface area contributed by atoms with Gasteiger partial charge in [-0.1, -0.05) is 0 Å². The molecule has 0 amide bonds. The zero-order chi connectivity index (χ0) is 11.3. The van der Waals surface area contributed by atoms with E-state index in [4.69, 9.17) is 0 Å². The van der Waals surface area contributed by atoms with Gasteiger partial charge in [-0.25, -0.2) is 0 Å². The first kappa shape index (κ1) is 12.3. The van der Waals surface area contributed by atoms with E-state index in [0.717, 1.165) is 13.1 Å². The molecule has 2 heteroatoms. The van der Waals surface area contributed by atoms with Crippen LogP contribution in [0.25, 0.3) is 0 Å². The van der Waals surface area contributed by atoms with Crippen LogP contribution in [0.1, 0.15) is 46.5 Å². The second kappa shape index (κ2) is 5.32. The zero-order valence-electron chi connectivity index (χ0n) is 10.1. The molecule has 0 spiro atoms. The van der Waals surface area contributed by atoms with Crippen LogP contribution in [0.4, 0.5) is 0 Å². The molecule has 1 aliphatic rings. The third kappa shape index (κ3) is 3.07. The first-order valence-corrected chi connectivity index (χ1v) is 5.77. The molecule has 0 unspecified atom stereocenters. The van der Waals surface area contributed by atoms with Crippen LogP contribution in [0, 0.1) is 11.8 Å². The van der Waals surface area contributed by atoms with Crippen molar-refractivity contribution < 1.29 is 4.79 Å². The van der Waals surface area contributed by atoms with E-state index in [-0.39, 0.29) is 5.54 Å². The molecule has 2 nitrogen and oxygen atoms in total. The molecule has 0 aliphatic carbocycles. The van der Waals surface area contributed by atoms with Crippen molar-refractivity contribution in [3.8, 4) is 11.8 Å². The van der Waals surface area contributed by atoms with Crippen LogP contribution in [0.3, 0.4) is 0 Å². The summed E-state index contributed by atoms with van der Waals surface area (Å²) in [5, 5.41) is 0. The van der Waals surface area contributed by atoms with E-state index in [2.05, 4.69) is 16.7 Å². The highest BCUT2D eigenvalue weighted by atomic mass is 16.1. The Morgan fingerprint density at radius 2 is 1.93 bits per heavy atom. The van der Waals surface area contributed by atoms with Crippen LogP contribution >= 0.6 is 0 Å². The Hall–Kier alpha value is -0.810. The lowest BCUT2D eigenvalue weighted by Gasteiger charge is -2.33. The number of Topliss-reactive ketones (excluding diaryl/α,β-unsaturated/α-hetero) is 1. The first-order chi connectivity index (χ1) is 7.09. The normalized spacial score (nSPS) is 17.3. The van der Waals surface area contributed by atoms with E-state index in [1.165, 1.54) is 12.8 Å². The predicted octanol–water partition coefficient (Wildman–Crippen LogP) is 2.23. The van der Waals surface area contributed by atoms with Crippen molar-refractivity contribution in [2.45, 2.75) is 52.0 Å². The molecule has 15 heavy (non-hydrogen) atoms. The summed E-state index contributed by atoms with van der Waals surface area (Å²) in [7, 11) is 0. The van der Waals surface area contributed by atoms with Crippen LogP contribution in [0.15, 0.2) is 0 Å². The molecular formula is C13H21NO. The molecule has 0 radical (unpaired) electrons. The largest absolute Gasteiger partial charge is 0.298 e.